The molecular weight excluding hydrogens is 1110 g/mol. The summed E-state index contributed by atoms with van der Waals surface area (Å²) in [4.78, 5) is 163. The van der Waals surface area contributed by atoms with Gasteiger partial charge in [-0.15, -0.1) is 0 Å². The Hall–Kier alpha value is -8.23. The SMILES string of the molecule is CC[C@H](C)[C@H](NC(=O)[C@H](CCCCN)NC(=O)[C@H](CO)NC(=O)[C@H](CCCNC(=N)N)NC(=O)[C@@H]1CCCN1C(=O)[C@H](C)N)C(=O)N[C@@H](CO)C(=O)N1CCC[C@H]1C(=O)N[C@@H](CCC(N)=O)C(=O)NCC(=O)N[C@@H](Cc1ccc(O)cc1)C(N)=O. The van der Waals surface area contributed by atoms with E-state index in [-0.39, 0.29) is 102 Å². The fraction of sp³-hybridized carbons (Fsp3) is 0.642. The van der Waals surface area contributed by atoms with Crippen molar-refractivity contribution in [2.45, 2.75) is 165 Å². The van der Waals surface area contributed by atoms with Crippen molar-refractivity contribution in [3.63, 3.8) is 0 Å². The van der Waals surface area contributed by atoms with E-state index in [0.29, 0.717) is 18.4 Å². The minimum absolute atomic E-state index is 0.0273. The van der Waals surface area contributed by atoms with Crippen molar-refractivity contribution in [3.05, 3.63) is 29.8 Å². The van der Waals surface area contributed by atoms with Crippen LogP contribution in [0.3, 0.4) is 0 Å². The number of carbonyl (C=O) groups excluding carboxylic acids is 12. The third kappa shape index (κ3) is 23.0. The van der Waals surface area contributed by atoms with Crippen LogP contribution in [0.15, 0.2) is 24.3 Å². The van der Waals surface area contributed by atoms with Crippen LogP contribution in [0.1, 0.15) is 103 Å². The fourth-order valence-electron chi connectivity index (χ4n) is 9.49. The highest BCUT2D eigenvalue weighted by Gasteiger charge is 2.41. The van der Waals surface area contributed by atoms with Crippen molar-refractivity contribution in [1.82, 2.24) is 57.7 Å². The van der Waals surface area contributed by atoms with Crippen molar-refractivity contribution in [1.29, 1.82) is 5.41 Å². The van der Waals surface area contributed by atoms with Crippen LogP contribution in [-0.4, -0.2) is 208 Å². The third-order valence-electron chi connectivity index (χ3n) is 14.5. The molecule has 0 spiro atoms. The predicted octanol–water partition coefficient (Wildman–Crippen LogP) is -7.05. The van der Waals surface area contributed by atoms with Gasteiger partial charge in [0.15, 0.2) is 5.96 Å². The second-order valence-electron chi connectivity index (χ2n) is 21.1. The first kappa shape index (κ1) is 71.0. The molecule has 32 nitrogen and oxygen atoms in total. The largest absolute Gasteiger partial charge is 0.508 e. The molecule has 2 heterocycles. The Balaban J connectivity index is 1.75. The van der Waals surface area contributed by atoms with Crippen molar-refractivity contribution in [2.75, 3.05) is 45.9 Å². The van der Waals surface area contributed by atoms with Gasteiger partial charge in [-0.1, -0.05) is 32.4 Å². The number of phenolic OH excluding ortho intramolecular Hbond substituents is 1. The Bertz CT molecular complexity index is 2510. The Morgan fingerprint density at radius 3 is 1.67 bits per heavy atom. The molecule has 0 saturated carbocycles. The van der Waals surface area contributed by atoms with E-state index in [1.165, 1.54) is 36.1 Å². The number of guanidine groups is 1. The molecule has 2 fully saturated rings. The number of aliphatic hydroxyl groups excluding tert-OH is 2. The lowest BCUT2D eigenvalue weighted by atomic mass is 9.97. The second kappa shape index (κ2) is 35.8. The van der Waals surface area contributed by atoms with Gasteiger partial charge in [-0.05, 0) is 101 Å². The Labute approximate surface area is 492 Å². The van der Waals surface area contributed by atoms with Crippen LogP contribution in [0.5, 0.6) is 5.75 Å². The van der Waals surface area contributed by atoms with E-state index in [9.17, 15) is 72.9 Å². The number of phenols is 1. The lowest BCUT2D eigenvalue weighted by Gasteiger charge is -2.31. The zero-order valence-electron chi connectivity index (χ0n) is 48.3. The van der Waals surface area contributed by atoms with Crippen LogP contribution in [0.4, 0.5) is 0 Å². The Kier molecular flexibility index (Phi) is 29.9. The highest BCUT2D eigenvalue weighted by molar-refractivity contribution is 5.99. The van der Waals surface area contributed by atoms with Gasteiger partial charge in [-0.2, -0.15) is 0 Å². The molecule has 1 aromatic rings. The molecule has 474 valence electrons. The summed E-state index contributed by atoms with van der Waals surface area (Å²) in [6.07, 6.45) is 1.37. The average Bonchev–Trinajstić information content (AvgIpc) is 3.74. The summed E-state index contributed by atoms with van der Waals surface area (Å²) in [5, 5.41) is 60.4. The molecule has 2 aliphatic heterocycles. The number of likely N-dealkylation sites (tertiary alicyclic amines) is 2. The average molecular weight is 1200 g/mol. The molecule has 85 heavy (non-hydrogen) atoms. The summed E-state index contributed by atoms with van der Waals surface area (Å²) in [5.41, 5.74) is 28.3. The molecule has 1 aromatic carbocycles. The molecule has 32 heteroatoms. The summed E-state index contributed by atoms with van der Waals surface area (Å²) in [5.74, 6) is -11.2. The van der Waals surface area contributed by atoms with Crippen LogP contribution in [0.25, 0.3) is 0 Å². The van der Waals surface area contributed by atoms with Gasteiger partial charge >= 0.3 is 0 Å². The molecule has 0 radical (unpaired) electrons. The molecule has 23 N–H and O–H groups in total. The number of nitrogens with zero attached hydrogens (tertiary/aromatic N) is 2. The fourth-order valence-corrected chi connectivity index (χ4v) is 9.49. The van der Waals surface area contributed by atoms with Gasteiger partial charge in [0.1, 0.15) is 60.1 Å². The number of hydrogen-bond donors (Lipinski definition) is 18. The van der Waals surface area contributed by atoms with Crippen LogP contribution < -0.4 is 76.5 Å². The van der Waals surface area contributed by atoms with Crippen molar-refractivity contribution >= 4 is 76.8 Å². The van der Waals surface area contributed by atoms with Crippen LogP contribution >= 0.6 is 0 Å². The van der Waals surface area contributed by atoms with Gasteiger partial charge in [0.25, 0.3) is 0 Å². The molecule has 3 rings (SSSR count). The first-order valence-corrected chi connectivity index (χ1v) is 28.4. The molecule has 2 saturated heterocycles. The molecule has 0 aliphatic carbocycles. The van der Waals surface area contributed by atoms with Gasteiger partial charge in [-0.3, -0.25) is 62.9 Å². The number of unbranched alkanes of at least 4 members (excludes halogenated alkanes) is 1. The highest BCUT2D eigenvalue weighted by Crippen LogP contribution is 2.21. The number of hydrogen-bond acceptors (Lipinski definition) is 18. The normalized spacial score (nSPS) is 17.8. The maximum Gasteiger partial charge on any atom is 0.248 e. The summed E-state index contributed by atoms with van der Waals surface area (Å²) < 4.78 is 0. The molecule has 2 aliphatic rings. The predicted molar refractivity (Wildman–Crippen MR) is 305 cm³/mol. The number of rotatable bonds is 36. The number of aliphatic hydroxyl groups is 2. The number of carbonyl (C=O) groups is 12. The van der Waals surface area contributed by atoms with E-state index in [1.54, 1.807) is 13.8 Å². The highest BCUT2D eigenvalue weighted by atomic mass is 16.3. The summed E-state index contributed by atoms with van der Waals surface area (Å²) in [7, 11) is 0. The standard InChI is InChI=1S/C53H87N17O15/c1-4-28(2)42(68-46(79)32(10-5-6-20-54)63-47(80)36(26-71)66-45(78)33(11-7-21-60-53(58)59)64-48(81)38-12-8-22-69(38)51(84)29(3)55)50(83)67-37(27-72)52(85)70-23-9-13-39(70)49(82)65-34(18-19-40(56)74)44(77)61-25-41(75)62-35(43(57)76)24-30-14-16-31(73)17-15-30/h14-17,28-29,32-39,42,71-73H,4-13,18-27,54-55H2,1-3H3,(H2,56,74)(H2,57,76)(H,61,77)(H,62,75)(H,63,80)(H,64,81)(H,65,82)(H,66,78)(H,67,83)(H,68,79)(H4,58,59,60)/t28-,29-,32-,33-,34-,35-,36-,37-,38-,39-,42-/m0/s1. The van der Waals surface area contributed by atoms with E-state index in [1.807, 2.05) is 0 Å². The van der Waals surface area contributed by atoms with Gasteiger partial charge in [-0.25, -0.2) is 0 Å². The van der Waals surface area contributed by atoms with Gasteiger partial charge < -0.3 is 102 Å². The smallest absolute Gasteiger partial charge is 0.248 e. The minimum atomic E-state index is -1.69. The Morgan fingerprint density at radius 2 is 1.14 bits per heavy atom. The number of amides is 12. The summed E-state index contributed by atoms with van der Waals surface area (Å²) in [6, 6.07) is -7.52. The van der Waals surface area contributed by atoms with Gasteiger partial charge in [0.2, 0.25) is 70.9 Å². The molecule has 0 bridgehead atoms. The number of benzene rings is 1. The third-order valence-corrected chi connectivity index (χ3v) is 14.5. The van der Waals surface area contributed by atoms with E-state index in [4.69, 9.17) is 34.1 Å². The molecule has 12 amide bonds. The lowest BCUT2D eigenvalue weighted by Crippen LogP contribution is -2.62. The quantitative estimate of drug-likeness (QED) is 0.0169. The molecule has 0 aromatic heterocycles. The van der Waals surface area contributed by atoms with E-state index >= 15 is 0 Å². The monoisotopic (exact) mass is 1200 g/mol. The maximum atomic E-state index is 14.2. The number of nitrogens with one attached hydrogen (secondary N) is 10. The molecular formula is C53H87N17O15. The molecule has 11 atom stereocenters. The number of aromatic hydroxyl groups is 1. The minimum Gasteiger partial charge on any atom is -0.508 e. The summed E-state index contributed by atoms with van der Waals surface area (Å²) in [6.45, 7) is 2.69. The van der Waals surface area contributed by atoms with Gasteiger partial charge in [0.05, 0.1) is 25.8 Å². The first-order chi connectivity index (χ1) is 40.3. The van der Waals surface area contributed by atoms with Crippen molar-refractivity contribution in [2.24, 2.45) is 34.6 Å². The second-order valence-corrected chi connectivity index (χ2v) is 21.1. The zero-order valence-corrected chi connectivity index (χ0v) is 48.3. The van der Waals surface area contributed by atoms with Crippen LogP contribution in [-0.2, 0) is 64.0 Å². The Morgan fingerprint density at radius 1 is 0.624 bits per heavy atom. The lowest BCUT2D eigenvalue weighted by molar-refractivity contribution is -0.143. The van der Waals surface area contributed by atoms with E-state index in [0.717, 1.165) is 4.90 Å². The van der Waals surface area contributed by atoms with Gasteiger partial charge in [0, 0.05) is 32.5 Å². The summed E-state index contributed by atoms with van der Waals surface area (Å²) >= 11 is 0. The van der Waals surface area contributed by atoms with E-state index < -0.39 is 163 Å². The van der Waals surface area contributed by atoms with Crippen LogP contribution in [0, 0.1) is 11.3 Å². The molecule has 0 unspecified atom stereocenters. The first-order valence-electron chi connectivity index (χ1n) is 28.4. The number of nitrogens with two attached hydrogens (primary N) is 5. The zero-order chi connectivity index (χ0) is 63.5. The topological polar surface area (TPSA) is 534 Å². The van der Waals surface area contributed by atoms with Crippen molar-refractivity contribution in [3.8, 4) is 5.75 Å². The van der Waals surface area contributed by atoms with Crippen molar-refractivity contribution < 1.29 is 72.9 Å². The van der Waals surface area contributed by atoms with E-state index in [2.05, 4.69) is 47.9 Å². The number of primary amides is 2. The van der Waals surface area contributed by atoms with Crippen LogP contribution in [0.2, 0.25) is 0 Å². The maximum absolute atomic E-state index is 14.2.